The molecule has 0 aliphatic carbocycles. The summed E-state index contributed by atoms with van der Waals surface area (Å²) < 4.78 is 16.7. The van der Waals surface area contributed by atoms with Gasteiger partial charge in [-0.1, -0.05) is 231 Å². The highest BCUT2D eigenvalue weighted by atomic mass is 16.6. The highest BCUT2D eigenvalue weighted by Gasteiger charge is 2.19. The molecule has 6 nitrogen and oxygen atoms in total. The third kappa shape index (κ3) is 56.1. The predicted molar refractivity (Wildman–Crippen MR) is 306 cm³/mol. The molecule has 0 aliphatic rings. The summed E-state index contributed by atoms with van der Waals surface area (Å²) in [6.07, 6.45) is 82.8. The zero-order valence-electron chi connectivity index (χ0n) is 45.4. The van der Waals surface area contributed by atoms with Crippen molar-refractivity contribution < 1.29 is 28.6 Å². The van der Waals surface area contributed by atoms with Gasteiger partial charge in [-0.15, -0.1) is 0 Å². The van der Waals surface area contributed by atoms with Gasteiger partial charge in [-0.05, 0) is 122 Å². The van der Waals surface area contributed by atoms with Crippen LogP contribution >= 0.6 is 0 Å². The highest BCUT2D eigenvalue weighted by molar-refractivity contribution is 5.71. The number of carbonyl (C=O) groups excluding carboxylic acids is 3. The third-order valence-corrected chi connectivity index (χ3v) is 11.3. The first-order valence-electron chi connectivity index (χ1n) is 28.3. The summed E-state index contributed by atoms with van der Waals surface area (Å²) in [4.78, 5) is 38.1. The van der Waals surface area contributed by atoms with Gasteiger partial charge in [0, 0.05) is 19.3 Å². The zero-order valence-corrected chi connectivity index (χ0v) is 45.4. The van der Waals surface area contributed by atoms with E-state index in [9.17, 15) is 14.4 Å². The lowest BCUT2D eigenvalue weighted by Crippen LogP contribution is -2.30. The van der Waals surface area contributed by atoms with E-state index >= 15 is 0 Å². The maximum absolute atomic E-state index is 12.8. The molecular weight excluding hydrogens is 877 g/mol. The number of carbonyl (C=O) groups is 3. The second kappa shape index (κ2) is 57.9. The first kappa shape index (κ1) is 66.3. The van der Waals surface area contributed by atoms with Crippen molar-refractivity contribution in [3.63, 3.8) is 0 Å². The number of unbranched alkanes of at least 4 members (excludes halogenated alkanes) is 14. The van der Waals surface area contributed by atoms with Gasteiger partial charge < -0.3 is 14.2 Å². The fraction of sp³-hybridized carbons (Fsp3) is 0.585. The number of hydrogen-bond donors (Lipinski definition) is 0. The molecule has 0 aromatic heterocycles. The van der Waals surface area contributed by atoms with Crippen LogP contribution in [0, 0.1) is 0 Å². The minimum absolute atomic E-state index is 0.148. The number of allylic oxidation sites excluding steroid dienone is 24. The molecule has 71 heavy (non-hydrogen) atoms. The average molecular weight is 980 g/mol. The summed E-state index contributed by atoms with van der Waals surface area (Å²) in [5, 5.41) is 0. The number of ether oxygens (including phenoxy) is 3. The van der Waals surface area contributed by atoms with Crippen LogP contribution in [-0.4, -0.2) is 37.2 Å². The molecule has 0 N–H and O–H groups in total. The third-order valence-electron chi connectivity index (χ3n) is 11.3. The summed E-state index contributed by atoms with van der Waals surface area (Å²) in [6.45, 7) is 6.34. The van der Waals surface area contributed by atoms with Gasteiger partial charge in [-0.3, -0.25) is 14.4 Å². The van der Waals surface area contributed by atoms with Crippen molar-refractivity contribution in [3.8, 4) is 0 Å². The summed E-state index contributed by atoms with van der Waals surface area (Å²) >= 11 is 0. The molecule has 0 saturated heterocycles. The van der Waals surface area contributed by atoms with E-state index in [1.54, 1.807) is 0 Å². The van der Waals surface area contributed by atoms with Crippen LogP contribution in [0.3, 0.4) is 0 Å². The standard InChI is InChI=1S/C65H102O6/c1-4-7-10-13-16-19-22-25-28-30-32-34-37-39-42-45-48-51-54-57-63(66)69-60-62(71-65(68)59-56-53-50-47-44-41-36-27-24-21-18-15-12-9-6-3)61-70-64(67)58-55-52-49-46-43-40-38-35-33-31-29-26-23-20-17-14-11-8-5-2/h7,10,16-17,19-21,24-26,28-29,32-35,39-40,42-43,48-49,51-52,62H,4-6,8-9,11-15,18,22-23,27,30-31,36-38,41,44-47,50,53-61H2,1-3H3/b10-7-,19-16-,20-17-,24-21-,28-25-,29-26-,34-32-,35-33-,42-39-,43-40-,51-48-,52-49-. The Labute approximate surface area is 436 Å². The molecule has 0 rings (SSSR count). The van der Waals surface area contributed by atoms with Crippen LogP contribution in [-0.2, 0) is 28.6 Å². The van der Waals surface area contributed by atoms with Crippen LogP contribution in [0.25, 0.3) is 0 Å². The Morgan fingerprint density at radius 1 is 0.296 bits per heavy atom. The van der Waals surface area contributed by atoms with E-state index in [1.807, 2.05) is 24.3 Å². The summed E-state index contributed by atoms with van der Waals surface area (Å²) in [6, 6.07) is 0. The fourth-order valence-corrected chi connectivity index (χ4v) is 7.09. The van der Waals surface area contributed by atoms with E-state index in [0.29, 0.717) is 12.8 Å². The Bertz CT molecular complexity index is 1590. The lowest BCUT2D eigenvalue weighted by atomic mass is 10.1. The Kier molecular flexibility index (Phi) is 54.0. The number of rotatable bonds is 49. The SMILES string of the molecule is CC/C=C\C/C=C\C/C=C\C/C=C\C/C=C\C/C=C\CCC(=O)OCC(COC(=O)CC/C=C\C/C=C\C/C=C\C/C=C\C/C=C\CCCCC)OC(=O)CCCCCCCCC/C=C\CCCCCC. The van der Waals surface area contributed by atoms with Gasteiger partial charge in [0.1, 0.15) is 13.2 Å². The Balaban J connectivity index is 4.63. The van der Waals surface area contributed by atoms with Gasteiger partial charge >= 0.3 is 17.9 Å². The first-order valence-corrected chi connectivity index (χ1v) is 28.3. The van der Waals surface area contributed by atoms with Gasteiger partial charge in [0.05, 0.1) is 0 Å². The minimum Gasteiger partial charge on any atom is -0.462 e. The van der Waals surface area contributed by atoms with Crippen molar-refractivity contribution in [2.75, 3.05) is 13.2 Å². The summed E-state index contributed by atoms with van der Waals surface area (Å²) in [7, 11) is 0. The number of hydrogen-bond acceptors (Lipinski definition) is 6. The molecule has 6 heteroatoms. The lowest BCUT2D eigenvalue weighted by molar-refractivity contribution is -0.166. The van der Waals surface area contributed by atoms with Crippen LogP contribution in [0.4, 0.5) is 0 Å². The van der Waals surface area contributed by atoms with Crippen molar-refractivity contribution in [1.82, 2.24) is 0 Å². The highest BCUT2D eigenvalue weighted by Crippen LogP contribution is 2.13. The molecule has 0 bridgehead atoms. The lowest BCUT2D eigenvalue weighted by Gasteiger charge is -2.18. The topological polar surface area (TPSA) is 78.9 Å². The molecule has 398 valence electrons. The van der Waals surface area contributed by atoms with Gasteiger partial charge in [-0.25, -0.2) is 0 Å². The summed E-state index contributed by atoms with van der Waals surface area (Å²) in [5.74, 6) is -1.12. The molecule has 0 amide bonds. The molecule has 0 aliphatic heterocycles. The van der Waals surface area contributed by atoms with Crippen molar-refractivity contribution in [2.24, 2.45) is 0 Å². The maximum atomic E-state index is 12.8. The van der Waals surface area contributed by atoms with Crippen molar-refractivity contribution in [2.45, 2.75) is 232 Å². The monoisotopic (exact) mass is 979 g/mol. The van der Waals surface area contributed by atoms with Crippen molar-refractivity contribution >= 4 is 17.9 Å². The minimum atomic E-state index is -0.848. The van der Waals surface area contributed by atoms with Gasteiger partial charge in [-0.2, -0.15) is 0 Å². The van der Waals surface area contributed by atoms with E-state index in [0.717, 1.165) is 83.5 Å². The van der Waals surface area contributed by atoms with E-state index in [4.69, 9.17) is 14.2 Å². The summed E-state index contributed by atoms with van der Waals surface area (Å²) in [5.41, 5.74) is 0. The van der Waals surface area contributed by atoms with Crippen molar-refractivity contribution in [3.05, 3.63) is 146 Å². The largest absolute Gasteiger partial charge is 0.462 e. The molecule has 1 unspecified atom stereocenters. The molecular formula is C65H102O6. The Morgan fingerprint density at radius 2 is 0.577 bits per heavy atom. The second-order valence-electron chi connectivity index (χ2n) is 18.1. The zero-order chi connectivity index (χ0) is 51.4. The van der Waals surface area contributed by atoms with E-state index in [2.05, 4.69) is 142 Å². The molecule has 1 atom stereocenters. The van der Waals surface area contributed by atoms with Gasteiger partial charge in [0.15, 0.2) is 6.10 Å². The molecule has 0 saturated carbocycles. The molecule has 0 fully saturated rings. The second-order valence-corrected chi connectivity index (χ2v) is 18.1. The normalized spacial score (nSPS) is 13.2. The fourth-order valence-electron chi connectivity index (χ4n) is 7.09. The molecule has 0 radical (unpaired) electrons. The average Bonchev–Trinajstić information content (AvgIpc) is 3.37. The maximum Gasteiger partial charge on any atom is 0.306 e. The molecule has 0 spiro atoms. The Hall–Kier alpha value is -4.71. The van der Waals surface area contributed by atoms with Crippen LogP contribution in [0.15, 0.2) is 146 Å². The van der Waals surface area contributed by atoms with Gasteiger partial charge in [0.25, 0.3) is 0 Å². The smallest absolute Gasteiger partial charge is 0.306 e. The Morgan fingerprint density at radius 3 is 0.958 bits per heavy atom. The van der Waals surface area contributed by atoms with Crippen LogP contribution < -0.4 is 0 Å². The van der Waals surface area contributed by atoms with Crippen LogP contribution in [0.5, 0.6) is 0 Å². The number of esters is 3. The van der Waals surface area contributed by atoms with E-state index in [-0.39, 0.29) is 50.4 Å². The molecule has 0 aromatic carbocycles. The molecule has 0 aromatic rings. The van der Waals surface area contributed by atoms with E-state index in [1.165, 1.54) is 89.9 Å². The quantitative estimate of drug-likeness (QED) is 0.0262. The predicted octanol–water partition coefficient (Wildman–Crippen LogP) is 19.2. The van der Waals surface area contributed by atoms with E-state index < -0.39 is 6.10 Å². The van der Waals surface area contributed by atoms with Gasteiger partial charge in [0.2, 0.25) is 0 Å². The van der Waals surface area contributed by atoms with Crippen LogP contribution in [0.2, 0.25) is 0 Å². The first-order chi connectivity index (χ1) is 35.0. The molecule has 0 heterocycles. The van der Waals surface area contributed by atoms with Crippen molar-refractivity contribution in [1.29, 1.82) is 0 Å². The van der Waals surface area contributed by atoms with Crippen LogP contribution in [0.1, 0.15) is 226 Å².